The Hall–Kier alpha value is -2.81. The van der Waals surface area contributed by atoms with E-state index in [1.165, 1.54) is 17.3 Å². The molecule has 0 bridgehead atoms. The van der Waals surface area contributed by atoms with Gasteiger partial charge in [-0.1, -0.05) is 40.3 Å². The molecule has 39 heavy (non-hydrogen) atoms. The van der Waals surface area contributed by atoms with E-state index in [9.17, 15) is 18.0 Å². The first kappa shape index (κ1) is 30.7. The normalized spacial score (nSPS) is 17.9. The van der Waals surface area contributed by atoms with Crippen LogP contribution < -0.4 is 10.2 Å². The van der Waals surface area contributed by atoms with Crippen molar-refractivity contribution in [3.63, 3.8) is 0 Å². The Kier molecular flexibility index (Phi) is 10.3. The number of hydrogen-bond donors (Lipinski definition) is 1. The van der Waals surface area contributed by atoms with Gasteiger partial charge in [0.1, 0.15) is 5.82 Å². The molecule has 216 valence electrons. The number of nitrogens with zero attached hydrogens (tertiary/aromatic N) is 4. The number of benzene rings is 1. The Bertz CT molecular complexity index is 1040. The Labute approximate surface area is 231 Å². The number of pyridine rings is 1. The Morgan fingerprint density at radius 3 is 2.18 bits per heavy atom. The third-order valence-corrected chi connectivity index (χ3v) is 7.62. The highest BCUT2D eigenvalue weighted by Crippen LogP contribution is 2.29. The van der Waals surface area contributed by atoms with Gasteiger partial charge in [0.2, 0.25) is 5.91 Å². The van der Waals surface area contributed by atoms with Gasteiger partial charge in [-0.05, 0) is 61.1 Å². The molecular weight excluding hydrogens is 503 g/mol. The van der Waals surface area contributed by atoms with Gasteiger partial charge >= 0.3 is 6.18 Å². The molecule has 6 nitrogen and oxygen atoms in total. The number of carbonyl (C=O) groups is 1. The van der Waals surface area contributed by atoms with E-state index in [0.29, 0.717) is 25.3 Å². The van der Waals surface area contributed by atoms with Crippen LogP contribution in [0.5, 0.6) is 0 Å². The number of hydrogen-bond acceptors (Lipinski definition) is 5. The molecule has 0 spiro atoms. The highest BCUT2D eigenvalue weighted by molar-refractivity contribution is 5.76. The maximum Gasteiger partial charge on any atom is 0.417 e. The molecule has 2 aliphatic heterocycles. The molecule has 0 saturated carbocycles. The van der Waals surface area contributed by atoms with Gasteiger partial charge in [0, 0.05) is 63.6 Å². The molecule has 1 N–H and O–H groups in total. The molecule has 0 aliphatic carbocycles. The van der Waals surface area contributed by atoms with E-state index < -0.39 is 11.7 Å². The number of alkyl halides is 3. The molecule has 2 aliphatic rings. The van der Waals surface area contributed by atoms with Crippen LogP contribution in [-0.2, 0) is 16.4 Å². The number of likely N-dealkylation sites (tertiary alicyclic amines) is 1. The summed E-state index contributed by atoms with van der Waals surface area (Å²) in [6.45, 7) is 12.7. The van der Waals surface area contributed by atoms with Gasteiger partial charge in [-0.2, -0.15) is 13.2 Å². The molecule has 1 amide bonds. The molecule has 1 aromatic heterocycles. The maximum absolute atomic E-state index is 12.9. The van der Waals surface area contributed by atoms with Gasteiger partial charge in [-0.15, -0.1) is 0 Å². The highest BCUT2D eigenvalue weighted by atomic mass is 19.4. The highest BCUT2D eigenvalue weighted by Gasteiger charge is 2.31. The zero-order chi connectivity index (χ0) is 27.3. The second-order valence-corrected chi connectivity index (χ2v) is 11.5. The van der Waals surface area contributed by atoms with Gasteiger partial charge in [-0.25, -0.2) is 4.98 Å². The Morgan fingerprint density at radius 2 is 1.59 bits per heavy atom. The lowest BCUT2D eigenvalue weighted by Gasteiger charge is -2.33. The fourth-order valence-electron chi connectivity index (χ4n) is 5.17. The summed E-state index contributed by atoms with van der Waals surface area (Å²) in [5.74, 6) is 0.609. The molecule has 2 aromatic rings. The van der Waals surface area contributed by atoms with E-state index in [1.807, 2.05) is 4.90 Å². The summed E-state index contributed by atoms with van der Waals surface area (Å²) in [6.07, 6.45) is -0.445. The molecule has 9 heteroatoms. The predicted octanol–water partition coefficient (Wildman–Crippen LogP) is 6.04. The monoisotopic (exact) mass is 547 g/mol. The molecular formula is C30H44F3N5O. The van der Waals surface area contributed by atoms with Crippen LogP contribution in [0.4, 0.5) is 24.7 Å². The fourth-order valence-corrected chi connectivity index (χ4v) is 5.17. The summed E-state index contributed by atoms with van der Waals surface area (Å²) in [4.78, 5) is 23.5. The zero-order valence-corrected chi connectivity index (χ0v) is 22.7. The van der Waals surface area contributed by atoms with Crippen LogP contribution in [0.3, 0.4) is 0 Å². The van der Waals surface area contributed by atoms with Gasteiger partial charge in [0.05, 0.1) is 5.56 Å². The van der Waals surface area contributed by atoms with E-state index in [0.717, 1.165) is 64.2 Å². The third kappa shape index (κ3) is 8.59. The minimum atomic E-state index is -4.39. The van der Waals surface area contributed by atoms with E-state index in [1.54, 1.807) is 0 Å². The summed E-state index contributed by atoms with van der Waals surface area (Å²) in [5.41, 5.74) is 2.00. The first-order valence-electron chi connectivity index (χ1n) is 13.6. The zero-order valence-electron chi connectivity index (χ0n) is 22.7. The summed E-state index contributed by atoms with van der Waals surface area (Å²) in [7, 11) is 0. The summed E-state index contributed by atoms with van der Waals surface area (Å²) < 4.78 is 38.2. The lowest BCUT2D eigenvalue weighted by Crippen LogP contribution is -2.43. The van der Waals surface area contributed by atoms with Crippen molar-refractivity contribution in [1.82, 2.24) is 14.8 Å². The number of piperidine rings is 1. The van der Waals surface area contributed by atoms with Crippen molar-refractivity contribution < 1.29 is 18.0 Å². The fraction of sp³-hybridized carbons (Fsp3) is 0.600. The lowest BCUT2D eigenvalue weighted by molar-refractivity contribution is -0.137. The Balaban J connectivity index is 0.00000420. The first-order valence-corrected chi connectivity index (χ1v) is 13.6. The quantitative estimate of drug-likeness (QED) is 0.478. The van der Waals surface area contributed by atoms with Crippen LogP contribution in [0, 0.1) is 0 Å². The standard InChI is InChI=1S/C29H40F3N5O.CH4/c1-28(2,3)22-5-8-25(9-6-22)36-15-4-14-35(19-20-36)16-13-27(38)37-17-11-24(12-18-37)34-26-10-7-23(21-33-26)29(30,31)32;/h5-10,21,24H,4,11-20H2,1-3H3,(H,33,34);1H4. The van der Waals surface area contributed by atoms with Crippen molar-refractivity contribution in [3.05, 3.63) is 53.7 Å². The minimum absolute atomic E-state index is 0. The van der Waals surface area contributed by atoms with Crippen molar-refractivity contribution in [3.8, 4) is 0 Å². The summed E-state index contributed by atoms with van der Waals surface area (Å²) in [6, 6.07) is 11.4. The molecule has 4 rings (SSSR count). The average Bonchev–Trinajstić information content (AvgIpc) is 3.13. The van der Waals surface area contributed by atoms with Crippen molar-refractivity contribution in [2.45, 2.75) is 71.5 Å². The molecule has 1 aromatic carbocycles. The number of aromatic nitrogens is 1. The van der Waals surface area contributed by atoms with Crippen LogP contribution in [0.1, 0.15) is 65.0 Å². The minimum Gasteiger partial charge on any atom is -0.370 e. The van der Waals surface area contributed by atoms with Gasteiger partial charge in [0.15, 0.2) is 0 Å². The van der Waals surface area contributed by atoms with Crippen molar-refractivity contribution in [2.75, 3.05) is 56.0 Å². The largest absolute Gasteiger partial charge is 0.417 e. The predicted molar refractivity (Wildman–Crippen MR) is 152 cm³/mol. The molecule has 0 atom stereocenters. The number of rotatable bonds is 6. The maximum atomic E-state index is 12.9. The second kappa shape index (κ2) is 13.0. The van der Waals surface area contributed by atoms with Crippen LogP contribution >= 0.6 is 0 Å². The third-order valence-electron chi connectivity index (χ3n) is 7.62. The summed E-state index contributed by atoms with van der Waals surface area (Å²) >= 11 is 0. The molecule has 0 radical (unpaired) electrons. The number of anilines is 2. The van der Waals surface area contributed by atoms with Crippen molar-refractivity contribution in [1.29, 1.82) is 0 Å². The van der Waals surface area contributed by atoms with Crippen molar-refractivity contribution >= 4 is 17.4 Å². The van der Waals surface area contributed by atoms with Crippen LogP contribution in [0.15, 0.2) is 42.6 Å². The van der Waals surface area contributed by atoms with E-state index in [2.05, 4.69) is 65.1 Å². The average molecular weight is 548 g/mol. The van der Waals surface area contributed by atoms with Crippen molar-refractivity contribution in [2.24, 2.45) is 0 Å². The van der Waals surface area contributed by atoms with E-state index in [4.69, 9.17) is 0 Å². The molecule has 2 fully saturated rings. The number of carbonyl (C=O) groups excluding carboxylic acids is 1. The number of nitrogens with one attached hydrogen (secondary N) is 1. The topological polar surface area (TPSA) is 51.7 Å². The van der Waals surface area contributed by atoms with Gasteiger partial charge in [-0.3, -0.25) is 4.79 Å². The van der Waals surface area contributed by atoms with Gasteiger partial charge < -0.3 is 20.0 Å². The summed E-state index contributed by atoms with van der Waals surface area (Å²) in [5, 5.41) is 3.21. The lowest BCUT2D eigenvalue weighted by atomic mass is 9.87. The SMILES string of the molecule is C.CC(C)(C)c1ccc(N2CCCN(CCC(=O)N3CCC(Nc4ccc(C(F)(F)F)cn4)CC3)CC2)cc1. The van der Waals surface area contributed by atoms with Gasteiger partial charge in [0.25, 0.3) is 0 Å². The van der Waals surface area contributed by atoms with E-state index in [-0.39, 0.29) is 24.8 Å². The molecule has 0 unspecified atom stereocenters. The van der Waals surface area contributed by atoms with Crippen LogP contribution in [0.2, 0.25) is 0 Å². The second-order valence-electron chi connectivity index (χ2n) is 11.5. The van der Waals surface area contributed by atoms with E-state index >= 15 is 0 Å². The number of amides is 1. The number of halogens is 3. The smallest absolute Gasteiger partial charge is 0.370 e. The van der Waals surface area contributed by atoms with Crippen LogP contribution in [0.25, 0.3) is 0 Å². The Morgan fingerprint density at radius 1 is 0.923 bits per heavy atom. The molecule has 2 saturated heterocycles. The molecule has 3 heterocycles. The van der Waals surface area contributed by atoms with Crippen LogP contribution in [-0.4, -0.2) is 72.5 Å². The first-order chi connectivity index (χ1) is 18.0.